The van der Waals surface area contributed by atoms with Crippen molar-refractivity contribution in [2.45, 2.75) is 66.1 Å². The van der Waals surface area contributed by atoms with Crippen molar-refractivity contribution in [2.24, 2.45) is 10.8 Å². The fourth-order valence-corrected chi connectivity index (χ4v) is 2.01. The van der Waals surface area contributed by atoms with Crippen molar-refractivity contribution in [3.05, 3.63) is 0 Å². The second-order valence-corrected chi connectivity index (χ2v) is 6.69. The molecular formula is C13H26O2. The Bertz CT molecular complexity index is 203. The summed E-state index contributed by atoms with van der Waals surface area (Å²) in [6.07, 6.45) is 2.88. The number of aliphatic hydroxyl groups excluding tert-OH is 1. The van der Waals surface area contributed by atoms with Crippen LogP contribution in [-0.4, -0.2) is 23.9 Å². The molecule has 2 atom stereocenters. The first-order valence-electron chi connectivity index (χ1n) is 6.02. The Kier molecular flexibility index (Phi) is 3.83. The number of ether oxygens (including phenoxy) is 1. The summed E-state index contributed by atoms with van der Waals surface area (Å²) in [4.78, 5) is 0. The molecule has 1 aliphatic carbocycles. The van der Waals surface area contributed by atoms with Crippen molar-refractivity contribution in [1.29, 1.82) is 0 Å². The van der Waals surface area contributed by atoms with Gasteiger partial charge in [0.2, 0.25) is 0 Å². The molecule has 1 N–H and O–H groups in total. The largest absolute Gasteiger partial charge is 0.390 e. The van der Waals surface area contributed by atoms with E-state index >= 15 is 0 Å². The highest BCUT2D eigenvalue weighted by Crippen LogP contribution is 2.39. The van der Waals surface area contributed by atoms with Crippen LogP contribution in [0, 0.1) is 10.8 Å². The van der Waals surface area contributed by atoms with Gasteiger partial charge in [0.25, 0.3) is 0 Å². The molecule has 0 radical (unpaired) electrons. The van der Waals surface area contributed by atoms with Gasteiger partial charge in [0.05, 0.1) is 12.2 Å². The normalized spacial score (nSPS) is 30.8. The lowest BCUT2D eigenvalue weighted by atomic mass is 9.89. The van der Waals surface area contributed by atoms with E-state index in [1.165, 1.54) is 0 Å². The van der Waals surface area contributed by atoms with Crippen LogP contribution < -0.4 is 0 Å². The van der Waals surface area contributed by atoms with Crippen LogP contribution in [0.3, 0.4) is 0 Å². The van der Waals surface area contributed by atoms with Gasteiger partial charge in [-0.2, -0.15) is 0 Å². The maximum atomic E-state index is 10.0. The van der Waals surface area contributed by atoms with Crippen LogP contribution >= 0.6 is 0 Å². The van der Waals surface area contributed by atoms with Crippen molar-refractivity contribution in [2.75, 3.05) is 6.61 Å². The monoisotopic (exact) mass is 214 g/mol. The third kappa shape index (κ3) is 3.76. The Morgan fingerprint density at radius 2 is 1.93 bits per heavy atom. The third-order valence-electron chi connectivity index (χ3n) is 3.41. The van der Waals surface area contributed by atoms with Gasteiger partial charge in [-0.25, -0.2) is 0 Å². The zero-order valence-electron chi connectivity index (χ0n) is 10.8. The molecule has 0 aliphatic heterocycles. The summed E-state index contributed by atoms with van der Waals surface area (Å²) in [5.41, 5.74) is 0.353. The van der Waals surface area contributed by atoms with E-state index in [-0.39, 0.29) is 17.6 Å². The molecule has 0 aromatic heterocycles. The molecule has 0 aromatic carbocycles. The molecule has 15 heavy (non-hydrogen) atoms. The SMILES string of the molecule is CC(C)(C)CCOC1CCC(C)(C)C1O. The molecule has 0 saturated heterocycles. The molecule has 0 spiro atoms. The molecule has 2 nitrogen and oxygen atoms in total. The zero-order chi connectivity index (χ0) is 11.7. The molecule has 1 rings (SSSR count). The molecule has 0 amide bonds. The minimum absolute atomic E-state index is 0.0341. The second-order valence-electron chi connectivity index (χ2n) is 6.69. The van der Waals surface area contributed by atoms with Crippen LogP contribution in [0.1, 0.15) is 53.9 Å². The van der Waals surface area contributed by atoms with Gasteiger partial charge in [0.1, 0.15) is 0 Å². The van der Waals surface area contributed by atoms with Crippen LogP contribution in [0.2, 0.25) is 0 Å². The highest BCUT2D eigenvalue weighted by atomic mass is 16.5. The van der Waals surface area contributed by atoms with Gasteiger partial charge in [-0.15, -0.1) is 0 Å². The number of hydrogen-bond donors (Lipinski definition) is 1. The van der Waals surface area contributed by atoms with E-state index in [4.69, 9.17) is 4.74 Å². The standard InChI is InChI=1S/C13H26O2/c1-12(2,3)8-9-15-10-6-7-13(4,5)11(10)14/h10-11,14H,6-9H2,1-5H3. The van der Waals surface area contributed by atoms with Crippen molar-refractivity contribution in [3.8, 4) is 0 Å². The topological polar surface area (TPSA) is 29.5 Å². The summed E-state index contributed by atoms with van der Waals surface area (Å²) in [5, 5.41) is 10.0. The molecular weight excluding hydrogens is 188 g/mol. The van der Waals surface area contributed by atoms with Gasteiger partial charge in [0, 0.05) is 6.61 Å². The van der Waals surface area contributed by atoms with E-state index in [0.717, 1.165) is 25.9 Å². The Morgan fingerprint density at radius 1 is 1.33 bits per heavy atom. The van der Waals surface area contributed by atoms with Gasteiger partial charge in [-0.1, -0.05) is 34.6 Å². The molecule has 1 aliphatic rings. The Balaban J connectivity index is 2.30. The van der Waals surface area contributed by atoms with E-state index in [1.54, 1.807) is 0 Å². The van der Waals surface area contributed by atoms with Crippen molar-refractivity contribution in [1.82, 2.24) is 0 Å². The van der Waals surface area contributed by atoms with Crippen molar-refractivity contribution < 1.29 is 9.84 Å². The maximum absolute atomic E-state index is 10.0. The Morgan fingerprint density at radius 3 is 2.33 bits per heavy atom. The van der Waals surface area contributed by atoms with E-state index in [9.17, 15) is 5.11 Å². The maximum Gasteiger partial charge on any atom is 0.0852 e. The lowest BCUT2D eigenvalue weighted by Crippen LogP contribution is -2.33. The predicted octanol–water partition coefficient (Wildman–Crippen LogP) is 2.99. The summed E-state index contributed by atoms with van der Waals surface area (Å²) >= 11 is 0. The number of hydrogen-bond acceptors (Lipinski definition) is 2. The minimum atomic E-state index is -0.294. The summed E-state index contributed by atoms with van der Waals surface area (Å²) in [5.74, 6) is 0. The van der Waals surface area contributed by atoms with E-state index in [0.29, 0.717) is 5.41 Å². The third-order valence-corrected chi connectivity index (χ3v) is 3.41. The first kappa shape index (κ1) is 13.0. The van der Waals surface area contributed by atoms with Crippen LogP contribution in [0.5, 0.6) is 0 Å². The summed E-state index contributed by atoms with van der Waals surface area (Å²) < 4.78 is 5.78. The molecule has 0 heterocycles. The summed E-state index contributed by atoms with van der Waals surface area (Å²) in [6.45, 7) is 11.6. The molecule has 1 fully saturated rings. The van der Waals surface area contributed by atoms with Gasteiger partial charge in [-0.05, 0) is 30.1 Å². The first-order chi connectivity index (χ1) is 6.72. The highest BCUT2D eigenvalue weighted by molar-refractivity contribution is 4.91. The van der Waals surface area contributed by atoms with Gasteiger partial charge in [-0.3, -0.25) is 0 Å². The quantitative estimate of drug-likeness (QED) is 0.782. The lowest BCUT2D eigenvalue weighted by molar-refractivity contribution is -0.0547. The van der Waals surface area contributed by atoms with Crippen molar-refractivity contribution >= 4 is 0 Å². The summed E-state index contributed by atoms with van der Waals surface area (Å²) in [7, 11) is 0. The van der Waals surface area contributed by atoms with E-state index in [1.807, 2.05) is 0 Å². The molecule has 0 bridgehead atoms. The molecule has 2 unspecified atom stereocenters. The van der Waals surface area contributed by atoms with Crippen LogP contribution in [0.15, 0.2) is 0 Å². The van der Waals surface area contributed by atoms with E-state index < -0.39 is 0 Å². The molecule has 90 valence electrons. The lowest BCUT2D eigenvalue weighted by Gasteiger charge is -2.26. The van der Waals surface area contributed by atoms with Crippen molar-refractivity contribution in [3.63, 3.8) is 0 Å². The van der Waals surface area contributed by atoms with Crippen LogP contribution in [-0.2, 0) is 4.74 Å². The first-order valence-corrected chi connectivity index (χ1v) is 6.02. The van der Waals surface area contributed by atoms with Crippen LogP contribution in [0.4, 0.5) is 0 Å². The molecule has 1 saturated carbocycles. The fourth-order valence-electron chi connectivity index (χ4n) is 2.01. The number of aliphatic hydroxyl groups is 1. The van der Waals surface area contributed by atoms with Gasteiger partial charge < -0.3 is 9.84 Å². The summed E-state index contributed by atoms with van der Waals surface area (Å²) in [6, 6.07) is 0. The van der Waals surface area contributed by atoms with Gasteiger partial charge in [0.15, 0.2) is 0 Å². The average molecular weight is 214 g/mol. The van der Waals surface area contributed by atoms with Crippen LogP contribution in [0.25, 0.3) is 0 Å². The van der Waals surface area contributed by atoms with Gasteiger partial charge >= 0.3 is 0 Å². The van der Waals surface area contributed by atoms with E-state index in [2.05, 4.69) is 34.6 Å². The Labute approximate surface area is 94.0 Å². The minimum Gasteiger partial charge on any atom is -0.390 e. The molecule has 2 heteroatoms. The fraction of sp³-hybridized carbons (Fsp3) is 1.00. The number of rotatable bonds is 3. The average Bonchev–Trinajstić information content (AvgIpc) is 2.29. The zero-order valence-corrected chi connectivity index (χ0v) is 10.8. The second kappa shape index (κ2) is 4.42. The molecule has 0 aromatic rings. The highest BCUT2D eigenvalue weighted by Gasteiger charge is 2.41. The Hall–Kier alpha value is -0.0800. The smallest absolute Gasteiger partial charge is 0.0852 e. The predicted molar refractivity (Wildman–Crippen MR) is 62.8 cm³/mol.